The standard InChI is InChI=1S/C10H15NO2S/c1-11-7-8(4-3-5-14)6-9(11)10(12)13-2/h6-7,14H,3-5H2,1-2H3. The van der Waals surface area contributed by atoms with Gasteiger partial charge in [-0.25, -0.2) is 4.79 Å². The zero-order valence-electron chi connectivity index (χ0n) is 8.49. The van der Waals surface area contributed by atoms with Crippen LogP contribution in [0.15, 0.2) is 12.3 Å². The number of methoxy groups -OCH3 is 1. The van der Waals surface area contributed by atoms with Crippen molar-refractivity contribution >= 4 is 18.6 Å². The molecule has 0 spiro atoms. The van der Waals surface area contributed by atoms with E-state index >= 15 is 0 Å². The van der Waals surface area contributed by atoms with Crippen molar-refractivity contribution in [3.8, 4) is 0 Å². The average Bonchev–Trinajstić information content (AvgIpc) is 2.55. The Bertz CT molecular complexity index is 320. The molecular formula is C10H15NO2S. The highest BCUT2D eigenvalue weighted by molar-refractivity contribution is 7.80. The summed E-state index contributed by atoms with van der Waals surface area (Å²) < 4.78 is 6.45. The molecule has 4 heteroatoms. The maximum absolute atomic E-state index is 11.3. The molecule has 0 saturated carbocycles. The molecule has 3 nitrogen and oxygen atoms in total. The number of hydrogen-bond donors (Lipinski definition) is 1. The summed E-state index contributed by atoms with van der Waals surface area (Å²) in [5, 5.41) is 0. The third kappa shape index (κ3) is 2.54. The predicted molar refractivity (Wildman–Crippen MR) is 58.9 cm³/mol. The van der Waals surface area contributed by atoms with Crippen molar-refractivity contribution in [2.24, 2.45) is 7.05 Å². The van der Waals surface area contributed by atoms with Crippen LogP contribution in [-0.4, -0.2) is 23.4 Å². The molecule has 0 N–H and O–H groups in total. The molecule has 0 fully saturated rings. The van der Waals surface area contributed by atoms with E-state index in [0.29, 0.717) is 5.69 Å². The molecule has 0 saturated heterocycles. The lowest BCUT2D eigenvalue weighted by molar-refractivity contribution is 0.0590. The second kappa shape index (κ2) is 5.10. The molecule has 1 aromatic heterocycles. The van der Waals surface area contributed by atoms with Gasteiger partial charge in [-0.2, -0.15) is 12.6 Å². The number of carbonyl (C=O) groups excluding carboxylic acids is 1. The minimum absolute atomic E-state index is 0.287. The third-order valence-electron chi connectivity index (χ3n) is 2.08. The van der Waals surface area contributed by atoms with E-state index in [-0.39, 0.29) is 5.97 Å². The smallest absolute Gasteiger partial charge is 0.354 e. The second-order valence-corrected chi connectivity index (χ2v) is 3.61. The van der Waals surface area contributed by atoms with Crippen LogP contribution < -0.4 is 0 Å². The van der Waals surface area contributed by atoms with Gasteiger partial charge in [-0.15, -0.1) is 0 Å². The topological polar surface area (TPSA) is 31.2 Å². The Morgan fingerprint density at radius 3 is 2.93 bits per heavy atom. The first-order valence-corrected chi connectivity index (χ1v) is 5.16. The van der Waals surface area contributed by atoms with Gasteiger partial charge in [0.1, 0.15) is 5.69 Å². The zero-order chi connectivity index (χ0) is 10.6. The van der Waals surface area contributed by atoms with E-state index in [0.717, 1.165) is 24.2 Å². The number of carbonyl (C=O) groups is 1. The van der Waals surface area contributed by atoms with Gasteiger partial charge >= 0.3 is 5.97 Å². The predicted octanol–water partition coefficient (Wildman–Crippen LogP) is 1.67. The van der Waals surface area contributed by atoms with Crippen molar-refractivity contribution in [1.29, 1.82) is 0 Å². The minimum atomic E-state index is -0.287. The number of esters is 1. The lowest BCUT2D eigenvalue weighted by Gasteiger charge is -1.98. The van der Waals surface area contributed by atoms with E-state index in [9.17, 15) is 4.79 Å². The van der Waals surface area contributed by atoms with Gasteiger partial charge in [0.05, 0.1) is 7.11 Å². The van der Waals surface area contributed by atoms with Crippen LogP contribution >= 0.6 is 12.6 Å². The van der Waals surface area contributed by atoms with Crippen molar-refractivity contribution in [2.45, 2.75) is 12.8 Å². The van der Waals surface area contributed by atoms with Crippen LogP contribution in [0, 0.1) is 0 Å². The fraction of sp³-hybridized carbons (Fsp3) is 0.500. The van der Waals surface area contributed by atoms with E-state index in [1.165, 1.54) is 7.11 Å². The summed E-state index contributed by atoms with van der Waals surface area (Å²) in [6, 6.07) is 1.87. The fourth-order valence-corrected chi connectivity index (χ4v) is 1.52. The van der Waals surface area contributed by atoms with Gasteiger partial charge < -0.3 is 9.30 Å². The number of aryl methyl sites for hydroxylation is 2. The molecule has 0 bridgehead atoms. The molecule has 78 valence electrons. The number of nitrogens with zero attached hydrogens (tertiary/aromatic N) is 1. The molecule has 1 heterocycles. The van der Waals surface area contributed by atoms with Gasteiger partial charge in [-0.1, -0.05) is 0 Å². The van der Waals surface area contributed by atoms with Crippen LogP contribution in [0.3, 0.4) is 0 Å². The number of aromatic nitrogens is 1. The third-order valence-corrected chi connectivity index (χ3v) is 2.40. The highest BCUT2D eigenvalue weighted by Crippen LogP contribution is 2.10. The van der Waals surface area contributed by atoms with Crippen molar-refractivity contribution in [3.05, 3.63) is 23.5 Å². The summed E-state index contributed by atoms with van der Waals surface area (Å²) in [5.41, 5.74) is 1.75. The minimum Gasteiger partial charge on any atom is -0.464 e. The van der Waals surface area contributed by atoms with Crippen molar-refractivity contribution < 1.29 is 9.53 Å². The fourth-order valence-electron chi connectivity index (χ4n) is 1.36. The number of thiol groups is 1. The summed E-state index contributed by atoms with van der Waals surface area (Å²) >= 11 is 4.14. The van der Waals surface area contributed by atoms with E-state index < -0.39 is 0 Å². The summed E-state index contributed by atoms with van der Waals surface area (Å²) in [6.45, 7) is 0. The SMILES string of the molecule is COC(=O)c1cc(CCCS)cn1C. The molecule has 0 aliphatic heterocycles. The van der Waals surface area contributed by atoms with E-state index in [1.54, 1.807) is 4.57 Å². The Morgan fingerprint density at radius 2 is 2.36 bits per heavy atom. The summed E-state index contributed by atoms with van der Waals surface area (Å²) in [5.74, 6) is 0.576. The lowest BCUT2D eigenvalue weighted by Crippen LogP contribution is -2.06. The van der Waals surface area contributed by atoms with Crippen LogP contribution in [0.25, 0.3) is 0 Å². The van der Waals surface area contributed by atoms with Crippen LogP contribution in [-0.2, 0) is 18.2 Å². The first-order chi connectivity index (χ1) is 6.69. The molecule has 0 radical (unpaired) electrons. The summed E-state index contributed by atoms with van der Waals surface area (Å²) in [4.78, 5) is 11.3. The van der Waals surface area contributed by atoms with Crippen molar-refractivity contribution in [3.63, 3.8) is 0 Å². The number of hydrogen-bond acceptors (Lipinski definition) is 3. The second-order valence-electron chi connectivity index (χ2n) is 3.16. The molecular weight excluding hydrogens is 198 g/mol. The largest absolute Gasteiger partial charge is 0.464 e. The first-order valence-electron chi connectivity index (χ1n) is 4.53. The molecule has 0 aliphatic carbocycles. The van der Waals surface area contributed by atoms with Crippen LogP contribution in [0.4, 0.5) is 0 Å². The Labute approximate surface area is 89.5 Å². The highest BCUT2D eigenvalue weighted by atomic mass is 32.1. The highest BCUT2D eigenvalue weighted by Gasteiger charge is 2.11. The lowest BCUT2D eigenvalue weighted by atomic mass is 10.2. The molecule has 0 atom stereocenters. The van der Waals surface area contributed by atoms with Crippen molar-refractivity contribution in [2.75, 3.05) is 12.9 Å². The summed E-state index contributed by atoms with van der Waals surface area (Å²) in [7, 11) is 3.24. The zero-order valence-corrected chi connectivity index (χ0v) is 9.38. The summed E-state index contributed by atoms with van der Waals surface area (Å²) in [6.07, 6.45) is 3.93. The van der Waals surface area contributed by atoms with E-state index in [4.69, 9.17) is 0 Å². The normalized spacial score (nSPS) is 10.2. The Hall–Kier alpha value is -0.900. The maximum Gasteiger partial charge on any atom is 0.354 e. The van der Waals surface area contributed by atoms with E-state index in [1.807, 2.05) is 19.3 Å². The van der Waals surface area contributed by atoms with Gasteiger partial charge in [0.15, 0.2) is 0 Å². The van der Waals surface area contributed by atoms with Gasteiger partial charge in [0.2, 0.25) is 0 Å². The number of ether oxygens (including phenoxy) is 1. The van der Waals surface area contributed by atoms with Crippen LogP contribution in [0.1, 0.15) is 22.5 Å². The molecule has 14 heavy (non-hydrogen) atoms. The maximum atomic E-state index is 11.3. The van der Waals surface area contributed by atoms with Gasteiger partial charge in [0, 0.05) is 13.2 Å². The van der Waals surface area contributed by atoms with Crippen LogP contribution in [0.5, 0.6) is 0 Å². The quantitative estimate of drug-likeness (QED) is 0.609. The molecule has 0 unspecified atom stereocenters. The van der Waals surface area contributed by atoms with E-state index in [2.05, 4.69) is 17.4 Å². The van der Waals surface area contributed by atoms with Crippen LogP contribution in [0.2, 0.25) is 0 Å². The Balaban J connectivity index is 2.77. The van der Waals surface area contributed by atoms with Gasteiger partial charge in [-0.05, 0) is 30.2 Å². The molecule has 0 amide bonds. The average molecular weight is 213 g/mol. The Morgan fingerprint density at radius 1 is 1.64 bits per heavy atom. The van der Waals surface area contributed by atoms with Crippen molar-refractivity contribution in [1.82, 2.24) is 4.57 Å². The number of rotatable bonds is 4. The monoisotopic (exact) mass is 213 g/mol. The van der Waals surface area contributed by atoms with Gasteiger partial charge in [0.25, 0.3) is 0 Å². The first kappa shape index (κ1) is 11.2. The molecule has 1 rings (SSSR count). The van der Waals surface area contributed by atoms with Gasteiger partial charge in [-0.3, -0.25) is 0 Å². The molecule has 0 aliphatic rings. The Kier molecular flexibility index (Phi) is 4.07. The molecule has 1 aromatic rings. The molecule has 0 aromatic carbocycles.